The van der Waals surface area contributed by atoms with Crippen LogP contribution in [0.1, 0.15) is 84.1 Å². The van der Waals surface area contributed by atoms with E-state index < -0.39 is 0 Å². The van der Waals surface area contributed by atoms with E-state index in [0.29, 0.717) is 28.9 Å². The molecule has 1 aromatic rings. The van der Waals surface area contributed by atoms with Gasteiger partial charge in [-0.3, -0.25) is 4.68 Å². The number of hydrogen-bond donors (Lipinski definition) is 1. The van der Waals surface area contributed by atoms with Gasteiger partial charge >= 0.3 is 0 Å². The first-order valence-corrected chi connectivity index (χ1v) is 12.3. The van der Waals surface area contributed by atoms with Gasteiger partial charge in [-0.15, -0.1) is 0 Å². The summed E-state index contributed by atoms with van der Waals surface area (Å²) in [5.41, 5.74) is 2.30. The molecule has 4 nitrogen and oxygen atoms in total. The molecule has 4 heteroatoms. The minimum atomic E-state index is 0.291. The summed E-state index contributed by atoms with van der Waals surface area (Å²) in [4.78, 5) is 0. The Morgan fingerprint density at radius 3 is 2.63 bits per heavy atom. The van der Waals surface area contributed by atoms with E-state index in [2.05, 4.69) is 31.9 Å². The summed E-state index contributed by atoms with van der Waals surface area (Å²) in [6.07, 6.45) is 15.8. The molecule has 0 bridgehead atoms. The molecule has 162 valence electrons. The Morgan fingerprint density at radius 1 is 1.13 bits per heavy atom. The van der Waals surface area contributed by atoms with Gasteiger partial charge in [0.1, 0.15) is 6.07 Å². The van der Waals surface area contributed by atoms with Gasteiger partial charge in [-0.1, -0.05) is 27.2 Å². The van der Waals surface area contributed by atoms with E-state index in [1.54, 1.807) is 17.1 Å². The molecule has 1 N–H and O–H groups in total. The number of nitriles is 1. The lowest BCUT2D eigenvalue weighted by Gasteiger charge is -2.60. The fourth-order valence-electron chi connectivity index (χ4n) is 8.97. The molecule has 8 atom stereocenters. The van der Waals surface area contributed by atoms with Crippen LogP contribution >= 0.6 is 0 Å². The SMILES string of the molecule is CC1CCC2C3CCC4(C)C(C(=N)Cn5cc(C#N)cn5)CCC4C3CCC2(C)C1. The lowest BCUT2D eigenvalue weighted by Crippen LogP contribution is -2.52. The molecule has 1 heterocycles. The van der Waals surface area contributed by atoms with Crippen molar-refractivity contribution in [3.8, 4) is 6.07 Å². The summed E-state index contributed by atoms with van der Waals surface area (Å²) in [6, 6.07) is 2.15. The average molecular weight is 407 g/mol. The molecule has 4 saturated carbocycles. The molecule has 0 aromatic carbocycles. The first-order chi connectivity index (χ1) is 14.3. The number of rotatable bonds is 3. The third-order valence-corrected chi connectivity index (χ3v) is 10.3. The fourth-order valence-corrected chi connectivity index (χ4v) is 8.97. The number of fused-ring (bicyclic) bond motifs is 5. The van der Waals surface area contributed by atoms with E-state index in [1.807, 2.05) is 0 Å². The molecule has 0 radical (unpaired) electrons. The van der Waals surface area contributed by atoms with Crippen molar-refractivity contribution in [1.29, 1.82) is 10.7 Å². The van der Waals surface area contributed by atoms with Gasteiger partial charge in [-0.2, -0.15) is 10.4 Å². The molecule has 1 aromatic heterocycles. The molecule has 8 unspecified atom stereocenters. The Balaban J connectivity index is 1.33. The monoisotopic (exact) mass is 406 g/mol. The van der Waals surface area contributed by atoms with Crippen LogP contribution in [0, 0.1) is 63.1 Å². The maximum absolute atomic E-state index is 9.06. The van der Waals surface area contributed by atoms with E-state index in [1.165, 1.54) is 57.8 Å². The Bertz CT molecular complexity index is 865. The predicted molar refractivity (Wildman–Crippen MR) is 119 cm³/mol. The molecule has 0 amide bonds. The first-order valence-electron chi connectivity index (χ1n) is 12.3. The maximum atomic E-state index is 9.06. The lowest BCUT2D eigenvalue weighted by molar-refractivity contribution is -0.0987. The summed E-state index contributed by atoms with van der Waals surface area (Å²) >= 11 is 0. The Morgan fingerprint density at radius 2 is 1.87 bits per heavy atom. The molecule has 4 aliphatic rings. The van der Waals surface area contributed by atoms with Crippen LogP contribution in [0.15, 0.2) is 12.4 Å². The van der Waals surface area contributed by atoms with Crippen LogP contribution in [0.3, 0.4) is 0 Å². The number of aromatic nitrogens is 2. The summed E-state index contributed by atoms with van der Waals surface area (Å²) in [5, 5.41) is 22.3. The molecule has 0 saturated heterocycles. The van der Waals surface area contributed by atoms with E-state index >= 15 is 0 Å². The van der Waals surface area contributed by atoms with Gasteiger partial charge in [0.05, 0.1) is 18.3 Å². The standard InChI is InChI=1S/C26H38N4/c1-17-4-5-21-19-9-11-26(3)22(20(19)8-10-25(21,2)12-17)6-7-23(26)24(28)16-30-15-18(13-27)14-29-30/h14-15,17,19-23,28H,4-12,16H2,1-3H3. The highest BCUT2D eigenvalue weighted by Gasteiger charge is 2.59. The lowest BCUT2D eigenvalue weighted by atomic mass is 9.45. The zero-order chi connectivity index (χ0) is 21.1. The van der Waals surface area contributed by atoms with Crippen molar-refractivity contribution >= 4 is 5.71 Å². The van der Waals surface area contributed by atoms with Crippen LogP contribution in [0.4, 0.5) is 0 Å². The molecule has 30 heavy (non-hydrogen) atoms. The van der Waals surface area contributed by atoms with Crippen molar-refractivity contribution in [2.45, 2.75) is 85.1 Å². The van der Waals surface area contributed by atoms with Gasteiger partial charge in [0.25, 0.3) is 0 Å². The highest BCUT2D eigenvalue weighted by Crippen LogP contribution is 2.66. The van der Waals surface area contributed by atoms with E-state index in [9.17, 15) is 0 Å². The minimum absolute atomic E-state index is 0.291. The van der Waals surface area contributed by atoms with Gasteiger partial charge < -0.3 is 5.41 Å². The second kappa shape index (κ2) is 7.21. The Hall–Kier alpha value is -1.63. The second-order valence-electron chi connectivity index (χ2n) is 11.9. The molecule has 5 rings (SSSR count). The van der Waals surface area contributed by atoms with Crippen LogP contribution in [-0.2, 0) is 6.54 Å². The summed E-state index contributed by atoms with van der Waals surface area (Å²) in [7, 11) is 0. The van der Waals surface area contributed by atoms with Crippen LogP contribution in [0.5, 0.6) is 0 Å². The summed E-state index contributed by atoms with van der Waals surface area (Å²) in [6.45, 7) is 8.14. The largest absolute Gasteiger partial charge is 0.307 e. The van der Waals surface area contributed by atoms with E-state index in [4.69, 9.17) is 10.7 Å². The number of nitrogens with zero attached hydrogens (tertiary/aromatic N) is 3. The van der Waals surface area contributed by atoms with Crippen LogP contribution < -0.4 is 0 Å². The number of nitrogens with one attached hydrogen (secondary N) is 1. The molecule has 4 fully saturated rings. The molecular formula is C26H38N4. The highest BCUT2D eigenvalue weighted by atomic mass is 15.3. The van der Waals surface area contributed by atoms with E-state index in [-0.39, 0.29) is 0 Å². The molecular weight excluding hydrogens is 368 g/mol. The fraction of sp³-hybridized carbons (Fsp3) is 0.808. The van der Waals surface area contributed by atoms with Crippen LogP contribution in [0.2, 0.25) is 0 Å². The maximum Gasteiger partial charge on any atom is 0.102 e. The summed E-state index contributed by atoms with van der Waals surface area (Å²) in [5.74, 6) is 4.88. The molecule has 0 aliphatic heterocycles. The average Bonchev–Trinajstić information content (AvgIpc) is 3.30. The van der Waals surface area contributed by atoms with Crippen molar-refractivity contribution in [3.63, 3.8) is 0 Å². The first kappa shape index (κ1) is 20.3. The highest BCUT2D eigenvalue weighted by molar-refractivity contribution is 5.84. The predicted octanol–water partition coefficient (Wildman–Crippen LogP) is 6.07. The van der Waals surface area contributed by atoms with Crippen molar-refractivity contribution in [3.05, 3.63) is 18.0 Å². The molecule has 4 aliphatic carbocycles. The van der Waals surface area contributed by atoms with Crippen molar-refractivity contribution in [2.75, 3.05) is 0 Å². The third-order valence-electron chi connectivity index (χ3n) is 10.3. The third kappa shape index (κ3) is 3.07. The van der Waals surface area contributed by atoms with Crippen LogP contribution in [-0.4, -0.2) is 15.5 Å². The van der Waals surface area contributed by atoms with Crippen molar-refractivity contribution in [2.24, 2.45) is 46.3 Å². The number of hydrogen-bond acceptors (Lipinski definition) is 3. The van der Waals surface area contributed by atoms with Crippen molar-refractivity contribution < 1.29 is 0 Å². The Labute approximate surface area is 181 Å². The van der Waals surface area contributed by atoms with Gasteiger partial charge in [-0.25, -0.2) is 0 Å². The Kier molecular flexibility index (Phi) is 4.88. The van der Waals surface area contributed by atoms with Gasteiger partial charge in [-0.05, 0) is 91.8 Å². The van der Waals surface area contributed by atoms with E-state index in [0.717, 1.165) is 35.3 Å². The summed E-state index contributed by atoms with van der Waals surface area (Å²) < 4.78 is 1.79. The minimum Gasteiger partial charge on any atom is -0.307 e. The van der Waals surface area contributed by atoms with Crippen molar-refractivity contribution in [1.82, 2.24) is 9.78 Å². The van der Waals surface area contributed by atoms with Crippen LogP contribution in [0.25, 0.3) is 0 Å². The normalized spacial score (nSPS) is 45.1. The topological polar surface area (TPSA) is 65.5 Å². The molecule has 0 spiro atoms. The second-order valence-corrected chi connectivity index (χ2v) is 11.9. The van der Waals surface area contributed by atoms with Gasteiger partial charge in [0, 0.05) is 17.8 Å². The zero-order valence-corrected chi connectivity index (χ0v) is 19.0. The van der Waals surface area contributed by atoms with Gasteiger partial charge in [0.15, 0.2) is 0 Å². The zero-order valence-electron chi connectivity index (χ0n) is 19.0. The quantitative estimate of drug-likeness (QED) is 0.619. The van der Waals surface area contributed by atoms with Gasteiger partial charge in [0.2, 0.25) is 0 Å². The smallest absolute Gasteiger partial charge is 0.102 e.